The van der Waals surface area contributed by atoms with E-state index in [0.29, 0.717) is 29.4 Å². The van der Waals surface area contributed by atoms with Crippen LogP contribution < -0.4 is 15.7 Å². The standard InChI is InChI=1S/C22H24N4O3/c1-4-13-26-22(28)18-11-7-6-10-17(18)20(25-26)21(27)24-23-15(2)14-16-9-5-8-12-19(16)29-3/h5-12H,4,13-14H2,1-3H3,(H,24,27)/b23-15-. The lowest BCUT2D eigenvalue weighted by atomic mass is 10.1. The fourth-order valence-corrected chi connectivity index (χ4v) is 3.13. The zero-order chi connectivity index (χ0) is 20.8. The SMILES string of the molecule is CCCn1nc(C(=O)N/N=C(/C)Cc2ccccc2OC)c2ccccc2c1=O. The minimum Gasteiger partial charge on any atom is -0.496 e. The molecule has 0 aliphatic carbocycles. The average Bonchev–Trinajstić information content (AvgIpc) is 2.74. The summed E-state index contributed by atoms with van der Waals surface area (Å²) >= 11 is 0. The van der Waals surface area contributed by atoms with Crippen LogP contribution in [0.25, 0.3) is 10.8 Å². The normalized spacial score (nSPS) is 11.5. The van der Waals surface area contributed by atoms with Gasteiger partial charge in [-0.1, -0.05) is 43.3 Å². The van der Waals surface area contributed by atoms with E-state index in [1.54, 1.807) is 31.4 Å². The van der Waals surface area contributed by atoms with Crippen LogP contribution in [0, 0.1) is 0 Å². The molecule has 0 spiro atoms. The molecule has 0 radical (unpaired) electrons. The fraction of sp³-hybridized carbons (Fsp3) is 0.273. The summed E-state index contributed by atoms with van der Waals surface area (Å²) < 4.78 is 6.69. The van der Waals surface area contributed by atoms with E-state index in [1.807, 2.05) is 38.1 Å². The number of rotatable bonds is 7. The molecule has 1 amide bonds. The molecule has 0 saturated carbocycles. The molecule has 3 aromatic rings. The lowest BCUT2D eigenvalue weighted by molar-refractivity contribution is 0.0949. The molecule has 3 rings (SSSR count). The first-order valence-electron chi connectivity index (χ1n) is 9.50. The van der Waals surface area contributed by atoms with E-state index in [4.69, 9.17) is 4.74 Å². The molecule has 0 aliphatic rings. The summed E-state index contributed by atoms with van der Waals surface area (Å²) in [7, 11) is 1.62. The van der Waals surface area contributed by atoms with Crippen LogP contribution in [0.4, 0.5) is 0 Å². The zero-order valence-corrected chi connectivity index (χ0v) is 16.8. The number of para-hydroxylation sites is 1. The number of carbonyl (C=O) groups excluding carboxylic acids is 1. The number of nitrogens with zero attached hydrogens (tertiary/aromatic N) is 3. The molecule has 0 unspecified atom stereocenters. The van der Waals surface area contributed by atoms with E-state index in [1.165, 1.54) is 4.68 Å². The van der Waals surface area contributed by atoms with Gasteiger partial charge in [0.25, 0.3) is 11.5 Å². The quantitative estimate of drug-likeness (QED) is 0.494. The van der Waals surface area contributed by atoms with Gasteiger partial charge in [-0.3, -0.25) is 9.59 Å². The topological polar surface area (TPSA) is 85.6 Å². The van der Waals surface area contributed by atoms with Crippen molar-refractivity contribution in [2.45, 2.75) is 33.2 Å². The smallest absolute Gasteiger partial charge is 0.292 e. The zero-order valence-electron chi connectivity index (χ0n) is 16.8. The second-order valence-electron chi connectivity index (χ2n) is 6.70. The summed E-state index contributed by atoms with van der Waals surface area (Å²) in [5.41, 5.74) is 4.25. The Morgan fingerprint density at radius 1 is 1.14 bits per heavy atom. The second kappa shape index (κ2) is 9.14. The monoisotopic (exact) mass is 392 g/mol. The van der Waals surface area contributed by atoms with Crippen molar-refractivity contribution < 1.29 is 9.53 Å². The van der Waals surface area contributed by atoms with E-state index in [0.717, 1.165) is 17.7 Å². The molecule has 7 heteroatoms. The summed E-state index contributed by atoms with van der Waals surface area (Å²) in [6, 6.07) is 14.6. The molecular weight excluding hydrogens is 368 g/mol. The third kappa shape index (κ3) is 4.51. The van der Waals surface area contributed by atoms with Gasteiger partial charge in [0, 0.05) is 24.1 Å². The summed E-state index contributed by atoms with van der Waals surface area (Å²) in [5, 5.41) is 9.47. The summed E-state index contributed by atoms with van der Waals surface area (Å²) in [6.45, 7) is 4.23. The number of hydrogen-bond donors (Lipinski definition) is 1. The third-order valence-electron chi connectivity index (χ3n) is 4.51. The molecular formula is C22H24N4O3. The van der Waals surface area contributed by atoms with Gasteiger partial charge < -0.3 is 4.74 Å². The number of methoxy groups -OCH3 is 1. The van der Waals surface area contributed by atoms with E-state index >= 15 is 0 Å². The Hall–Kier alpha value is -3.48. The van der Waals surface area contributed by atoms with Crippen molar-refractivity contribution in [3.05, 3.63) is 70.1 Å². The molecule has 1 N–H and O–H groups in total. The number of aromatic nitrogens is 2. The Bertz CT molecular complexity index is 1120. The first-order valence-corrected chi connectivity index (χ1v) is 9.50. The largest absolute Gasteiger partial charge is 0.496 e. The van der Waals surface area contributed by atoms with Crippen LogP contribution in [-0.2, 0) is 13.0 Å². The Morgan fingerprint density at radius 2 is 1.83 bits per heavy atom. The summed E-state index contributed by atoms with van der Waals surface area (Å²) in [6.07, 6.45) is 1.27. The van der Waals surface area contributed by atoms with Gasteiger partial charge in [-0.05, 0) is 31.0 Å². The maximum absolute atomic E-state index is 12.8. The number of fused-ring (bicyclic) bond motifs is 1. The molecule has 2 aromatic carbocycles. The van der Waals surface area contributed by atoms with E-state index < -0.39 is 5.91 Å². The number of amides is 1. The highest BCUT2D eigenvalue weighted by Gasteiger charge is 2.16. The van der Waals surface area contributed by atoms with Crippen molar-refractivity contribution >= 4 is 22.4 Å². The van der Waals surface area contributed by atoms with Crippen molar-refractivity contribution in [1.82, 2.24) is 15.2 Å². The first-order chi connectivity index (χ1) is 14.0. The lowest BCUT2D eigenvalue weighted by Crippen LogP contribution is -2.29. The van der Waals surface area contributed by atoms with E-state index in [-0.39, 0.29) is 11.3 Å². The van der Waals surface area contributed by atoms with Crippen molar-refractivity contribution in [3.8, 4) is 5.75 Å². The molecule has 29 heavy (non-hydrogen) atoms. The Morgan fingerprint density at radius 3 is 2.55 bits per heavy atom. The molecule has 0 saturated heterocycles. The van der Waals surface area contributed by atoms with Crippen LogP contribution in [0.1, 0.15) is 36.3 Å². The molecule has 1 aromatic heterocycles. The van der Waals surface area contributed by atoms with Gasteiger partial charge in [-0.25, -0.2) is 10.1 Å². The van der Waals surface area contributed by atoms with Gasteiger partial charge in [0.15, 0.2) is 5.69 Å². The molecule has 0 aliphatic heterocycles. The molecule has 0 bridgehead atoms. The maximum atomic E-state index is 12.8. The Labute approximate surface area is 169 Å². The minimum absolute atomic E-state index is 0.183. The predicted molar refractivity (Wildman–Crippen MR) is 114 cm³/mol. The number of ether oxygens (including phenoxy) is 1. The van der Waals surface area contributed by atoms with Crippen LogP contribution in [0.3, 0.4) is 0 Å². The van der Waals surface area contributed by atoms with Crippen LogP contribution in [0.15, 0.2) is 58.4 Å². The van der Waals surface area contributed by atoms with Crippen LogP contribution in [-0.4, -0.2) is 28.5 Å². The lowest BCUT2D eigenvalue weighted by Gasteiger charge is -2.10. The number of benzene rings is 2. The van der Waals surface area contributed by atoms with Gasteiger partial charge in [-0.2, -0.15) is 10.2 Å². The van der Waals surface area contributed by atoms with Crippen molar-refractivity contribution in [2.75, 3.05) is 7.11 Å². The fourth-order valence-electron chi connectivity index (χ4n) is 3.13. The van der Waals surface area contributed by atoms with Gasteiger partial charge in [0.1, 0.15) is 5.75 Å². The van der Waals surface area contributed by atoms with Crippen LogP contribution >= 0.6 is 0 Å². The highest BCUT2D eigenvalue weighted by atomic mass is 16.5. The maximum Gasteiger partial charge on any atom is 0.292 e. The summed E-state index contributed by atoms with van der Waals surface area (Å²) in [4.78, 5) is 25.3. The van der Waals surface area contributed by atoms with E-state index in [2.05, 4.69) is 15.6 Å². The van der Waals surface area contributed by atoms with Crippen LogP contribution in [0.5, 0.6) is 5.75 Å². The summed E-state index contributed by atoms with van der Waals surface area (Å²) in [5.74, 6) is 0.318. The minimum atomic E-state index is -0.453. The Balaban J connectivity index is 1.87. The van der Waals surface area contributed by atoms with Crippen molar-refractivity contribution in [2.24, 2.45) is 5.10 Å². The number of nitrogens with one attached hydrogen (secondary N) is 1. The van der Waals surface area contributed by atoms with E-state index in [9.17, 15) is 9.59 Å². The number of hydrogen-bond acceptors (Lipinski definition) is 5. The highest BCUT2D eigenvalue weighted by Crippen LogP contribution is 2.18. The first kappa shape index (κ1) is 20.3. The van der Waals surface area contributed by atoms with Crippen molar-refractivity contribution in [1.29, 1.82) is 0 Å². The molecule has 150 valence electrons. The molecule has 0 fully saturated rings. The second-order valence-corrected chi connectivity index (χ2v) is 6.70. The predicted octanol–water partition coefficient (Wildman–Crippen LogP) is 3.16. The van der Waals surface area contributed by atoms with Gasteiger partial charge >= 0.3 is 0 Å². The van der Waals surface area contributed by atoms with Gasteiger partial charge in [0.2, 0.25) is 0 Å². The number of aryl methyl sites for hydroxylation is 1. The highest BCUT2D eigenvalue weighted by molar-refractivity contribution is 6.05. The van der Waals surface area contributed by atoms with Gasteiger partial charge in [-0.15, -0.1) is 0 Å². The van der Waals surface area contributed by atoms with Gasteiger partial charge in [0.05, 0.1) is 12.5 Å². The average molecular weight is 392 g/mol. The number of carbonyl (C=O) groups is 1. The molecule has 0 atom stereocenters. The third-order valence-corrected chi connectivity index (χ3v) is 4.51. The van der Waals surface area contributed by atoms with Crippen molar-refractivity contribution in [3.63, 3.8) is 0 Å². The number of hydrazone groups is 1. The van der Waals surface area contributed by atoms with Crippen LogP contribution in [0.2, 0.25) is 0 Å². The molecule has 1 heterocycles. The molecule has 7 nitrogen and oxygen atoms in total. The Kier molecular flexibility index (Phi) is 6.39.